The van der Waals surface area contributed by atoms with Gasteiger partial charge in [-0.1, -0.05) is 12.8 Å². The average molecular weight is 627 g/mol. The van der Waals surface area contributed by atoms with Crippen molar-refractivity contribution in [1.29, 1.82) is 0 Å². The Morgan fingerprint density at radius 2 is 1.60 bits per heavy atom. The van der Waals surface area contributed by atoms with Crippen LogP contribution in [0, 0.1) is 11.6 Å². The van der Waals surface area contributed by atoms with Gasteiger partial charge in [0, 0.05) is 43.3 Å². The molecule has 1 aliphatic heterocycles. The van der Waals surface area contributed by atoms with Crippen molar-refractivity contribution in [2.75, 3.05) is 29.0 Å². The zero-order valence-electron chi connectivity index (χ0n) is 23.4. The SMILES string of the molecule is Cl.Cl.NC1CCC(Nc2nc(NC3CCN(C(=O)Nc4cc(F)ccc4F)CC3)c3ncn(C4CCCC4)c3n2)CC1. The molecule has 3 aromatic rings. The Bertz CT molecular complexity index is 1350. The first-order chi connectivity index (χ1) is 19.4. The molecule has 14 heteroatoms. The molecule has 1 saturated heterocycles. The van der Waals surface area contributed by atoms with Crippen molar-refractivity contribution in [3.05, 3.63) is 36.2 Å². The minimum atomic E-state index is -0.670. The standard InChI is InChI=1S/C28H37F2N9O.2ClH/c29-17-5-10-22(30)23(15-17)35-28(40)38-13-11-20(12-14-38)33-25-24-26(39(16-32-24)21-3-1-2-4-21)37-27(36-25)34-19-8-6-18(31)7-9-19;;/h5,10,15-16,18-21H,1-4,6-9,11-14,31H2,(H,35,40)(H2,33,34,36,37);2*1H. The van der Waals surface area contributed by atoms with Crippen molar-refractivity contribution < 1.29 is 13.6 Å². The van der Waals surface area contributed by atoms with Gasteiger partial charge in [-0.2, -0.15) is 9.97 Å². The number of nitrogens with two attached hydrogens (primary N) is 1. The molecule has 0 atom stereocenters. The molecule has 1 aromatic carbocycles. The number of imidazole rings is 1. The van der Waals surface area contributed by atoms with Crippen LogP contribution in [0.2, 0.25) is 0 Å². The predicted molar refractivity (Wildman–Crippen MR) is 165 cm³/mol. The highest BCUT2D eigenvalue weighted by molar-refractivity contribution is 5.89. The van der Waals surface area contributed by atoms with Gasteiger partial charge in [0.05, 0.1) is 12.0 Å². The largest absolute Gasteiger partial charge is 0.365 e. The molecule has 5 N–H and O–H groups in total. The third-order valence-corrected chi connectivity index (χ3v) is 8.54. The second kappa shape index (κ2) is 14.0. The molecular formula is C28H39Cl2F2N9O. The van der Waals surface area contributed by atoms with Crippen LogP contribution < -0.4 is 21.7 Å². The van der Waals surface area contributed by atoms with Crippen molar-refractivity contribution in [2.24, 2.45) is 5.73 Å². The summed E-state index contributed by atoms with van der Waals surface area (Å²) in [6.45, 7) is 0.942. The Morgan fingerprint density at radius 3 is 2.31 bits per heavy atom. The molecule has 2 aliphatic carbocycles. The van der Waals surface area contributed by atoms with E-state index in [1.165, 1.54) is 12.8 Å². The number of carbonyl (C=O) groups is 1. The number of fused-ring (bicyclic) bond motifs is 1. The highest BCUT2D eigenvalue weighted by atomic mass is 35.5. The maximum atomic E-state index is 14.0. The van der Waals surface area contributed by atoms with Crippen LogP contribution in [-0.2, 0) is 0 Å². The Balaban J connectivity index is 0.00000202. The maximum absolute atomic E-state index is 14.0. The number of piperidine rings is 1. The lowest BCUT2D eigenvalue weighted by Gasteiger charge is -2.32. The van der Waals surface area contributed by atoms with E-state index in [4.69, 9.17) is 20.7 Å². The van der Waals surface area contributed by atoms with E-state index >= 15 is 0 Å². The zero-order chi connectivity index (χ0) is 27.6. The number of carbonyl (C=O) groups excluding carboxylic acids is 1. The normalized spacial score (nSPS) is 21.5. The summed E-state index contributed by atoms with van der Waals surface area (Å²) in [5, 5.41) is 9.63. The van der Waals surface area contributed by atoms with Gasteiger partial charge in [-0.05, 0) is 63.5 Å². The van der Waals surface area contributed by atoms with E-state index in [-0.39, 0.29) is 48.6 Å². The molecular weight excluding hydrogens is 587 g/mol. The fourth-order valence-corrected chi connectivity index (χ4v) is 6.19. The van der Waals surface area contributed by atoms with E-state index < -0.39 is 17.7 Å². The first-order valence-corrected chi connectivity index (χ1v) is 14.5. The number of nitrogens with zero attached hydrogens (tertiary/aromatic N) is 5. The van der Waals surface area contributed by atoms with Gasteiger partial charge >= 0.3 is 6.03 Å². The molecule has 2 aromatic heterocycles. The van der Waals surface area contributed by atoms with Crippen LogP contribution in [0.3, 0.4) is 0 Å². The van der Waals surface area contributed by atoms with Crippen molar-refractivity contribution in [3.8, 4) is 0 Å². The molecule has 10 nitrogen and oxygen atoms in total. The number of nitrogens with one attached hydrogen (secondary N) is 3. The molecule has 3 fully saturated rings. The lowest BCUT2D eigenvalue weighted by molar-refractivity contribution is 0.197. The van der Waals surface area contributed by atoms with Gasteiger partial charge in [-0.3, -0.25) is 0 Å². The summed E-state index contributed by atoms with van der Waals surface area (Å²) in [6.07, 6.45) is 11.9. The van der Waals surface area contributed by atoms with Gasteiger partial charge in [0.1, 0.15) is 11.6 Å². The van der Waals surface area contributed by atoms with E-state index in [2.05, 4.69) is 20.5 Å². The highest BCUT2D eigenvalue weighted by Gasteiger charge is 2.27. The van der Waals surface area contributed by atoms with Crippen LogP contribution in [0.15, 0.2) is 24.5 Å². The topological polar surface area (TPSA) is 126 Å². The fraction of sp³-hybridized carbons (Fsp3) is 0.571. The van der Waals surface area contributed by atoms with Crippen LogP contribution >= 0.6 is 24.8 Å². The Kier molecular flexibility index (Phi) is 10.7. The third kappa shape index (κ3) is 7.15. The van der Waals surface area contributed by atoms with E-state index in [9.17, 15) is 13.6 Å². The molecule has 2 saturated carbocycles. The summed E-state index contributed by atoms with van der Waals surface area (Å²) >= 11 is 0. The molecule has 6 rings (SSSR count). The van der Waals surface area contributed by atoms with Gasteiger partial charge in [0.2, 0.25) is 5.95 Å². The molecule has 0 unspecified atom stereocenters. The second-order valence-electron chi connectivity index (χ2n) is 11.4. The lowest BCUT2D eigenvalue weighted by Crippen LogP contribution is -2.44. The molecule has 0 radical (unpaired) electrons. The Morgan fingerprint density at radius 1 is 0.905 bits per heavy atom. The number of halogens is 4. The second-order valence-corrected chi connectivity index (χ2v) is 11.4. The van der Waals surface area contributed by atoms with Crippen LogP contribution in [0.1, 0.15) is 70.3 Å². The molecule has 42 heavy (non-hydrogen) atoms. The molecule has 0 bridgehead atoms. The number of aromatic nitrogens is 4. The quantitative estimate of drug-likeness (QED) is 0.270. The minimum absolute atomic E-state index is 0. The van der Waals surface area contributed by atoms with Gasteiger partial charge in [0.25, 0.3) is 0 Å². The summed E-state index contributed by atoms with van der Waals surface area (Å²) in [7, 11) is 0. The van der Waals surface area contributed by atoms with Crippen LogP contribution in [-0.4, -0.2) is 61.7 Å². The van der Waals surface area contributed by atoms with Gasteiger partial charge < -0.3 is 31.2 Å². The molecule has 230 valence electrons. The molecule has 0 spiro atoms. The maximum Gasteiger partial charge on any atom is 0.321 e. The predicted octanol–water partition coefficient (Wildman–Crippen LogP) is 5.85. The Hall–Kier alpha value is -2.96. The first-order valence-electron chi connectivity index (χ1n) is 14.5. The number of benzene rings is 1. The highest BCUT2D eigenvalue weighted by Crippen LogP contribution is 2.34. The lowest BCUT2D eigenvalue weighted by atomic mass is 9.92. The van der Waals surface area contributed by atoms with Crippen molar-refractivity contribution >= 4 is 59.5 Å². The number of rotatable bonds is 6. The van der Waals surface area contributed by atoms with Crippen LogP contribution in [0.5, 0.6) is 0 Å². The fourth-order valence-electron chi connectivity index (χ4n) is 6.19. The third-order valence-electron chi connectivity index (χ3n) is 8.54. The number of hydrogen-bond acceptors (Lipinski definition) is 7. The van der Waals surface area contributed by atoms with Crippen LogP contribution in [0.25, 0.3) is 11.2 Å². The summed E-state index contributed by atoms with van der Waals surface area (Å²) in [5.74, 6) is 0.0225. The first kappa shape index (κ1) is 32.0. The van der Waals surface area contributed by atoms with E-state index in [1.54, 1.807) is 4.90 Å². The smallest absolute Gasteiger partial charge is 0.321 e. The van der Waals surface area contributed by atoms with Gasteiger partial charge in [0.15, 0.2) is 17.0 Å². The van der Waals surface area contributed by atoms with Crippen LogP contribution in [0.4, 0.5) is 31.0 Å². The van der Waals surface area contributed by atoms with Crippen molar-refractivity contribution in [2.45, 2.75) is 88.4 Å². The minimum Gasteiger partial charge on any atom is -0.365 e. The van der Waals surface area contributed by atoms with Gasteiger partial charge in [-0.25, -0.2) is 18.6 Å². The number of anilines is 3. The average Bonchev–Trinajstić information content (AvgIpc) is 3.63. The van der Waals surface area contributed by atoms with E-state index in [0.29, 0.717) is 43.7 Å². The zero-order valence-corrected chi connectivity index (χ0v) is 25.0. The monoisotopic (exact) mass is 625 g/mol. The summed E-state index contributed by atoms with van der Waals surface area (Å²) in [5.41, 5.74) is 7.54. The van der Waals surface area contributed by atoms with Crippen molar-refractivity contribution in [1.82, 2.24) is 24.4 Å². The molecule has 3 aliphatic rings. The molecule has 3 heterocycles. The summed E-state index contributed by atoms with van der Waals surface area (Å²) in [4.78, 5) is 28.8. The Labute approximate surface area is 256 Å². The van der Waals surface area contributed by atoms with E-state index in [0.717, 1.165) is 67.9 Å². The number of amides is 2. The number of urea groups is 1. The molecule has 2 amide bonds. The summed E-state index contributed by atoms with van der Waals surface area (Å²) < 4.78 is 29.7. The summed E-state index contributed by atoms with van der Waals surface area (Å²) in [6, 6.07) is 3.60. The van der Waals surface area contributed by atoms with E-state index in [1.807, 2.05) is 6.33 Å². The van der Waals surface area contributed by atoms with Gasteiger partial charge in [-0.15, -0.1) is 24.8 Å². The van der Waals surface area contributed by atoms with Crippen molar-refractivity contribution in [3.63, 3.8) is 0 Å². The number of hydrogen-bond donors (Lipinski definition) is 4. The number of likely N-dealkylation sites (tertiary alicyclic amines) is 1.